The zero-order chi connectivity index (χ0) is 72.4. The molecule has 0 aliphatic carbocycles. The van der Waals surface area contributed by atoms with E-state index in [1.807, 2.05) is 0 Å². The van der Waals surface area contributed by atoms with Crippen LogP contribution in [0.25, 0.3) is 0 Å². The molecule has 0 saturated heterocycles. The van der Waals surface area contributed by atoms with Crippen LogP contribution < -0.4 is 0 Å². The van der Waals surface area contributed by atoms with Gasteiger partial charge in [-0.25, -0.2) is 9.13 Å². The quantitative estimate of drug-likeness (QED) is 0.0222. The fraction of sp³-hybridized carbons (Fsp3) is 0.949. The van der Waals surface area contributed by atoms with Crippen LogP contribution in [0.1, 0.15) is 402 Å². The first-order valence-electron chi connectivity index (χ1n) is 40.7. The van der Waals surface area contributed by atoms with Gasteiger partial charge in [0.25, 0.3) is 0 Å². The van der Waals surface area contributed by atoms with Crippen molar-refractivity contribution >= 4 is 39.5 Å². The maximum absolute atomic E-state index is 13.1. The number of ether oxygens (including phenoxy) is 4. The summed E-state index contributed by atoms with van der Waals surface area (Å²) in [5.41, 5.74) is 0. The molecule has 0 saturated carbocycles. The highest BCUT2D eigenvalue weighted by atomic mass is 31.2. The van der Waals surface area contributed by atoms with Crippen LogP contribution in [0.4, 0.5) is 0 Å². The lowest BCUT2D eigenvalue weighted by Gasteiger charge is -2.21. The first-order chi connectivity index (χ1) is 47.1. The van der Waals surface area contributed by atoms with Gasteiger partial charge in [-0.2, -0.15) is 0 Å². The van der Waals surface area contributed by atoms with E-state index in [1.165, 1.54) is 199 Å². The lowest BCUT2D eigenvalue weighted by atomic mass is 9.99. The highest BCUT2D eigenvalue weighted by molar-refractivity contribution is 7.47. The zero-order valence-electron chi connectivity index (χ0n) is 64.4. The predicted octanol–water partition coefficient (Wildman–Crippen LogP) is 23.2. The molecule has 0 aromatic rings. The molecule has 0 radical (unpaired) electrons. The largest absolute Gasteiger partial charge is 0.472 e. The molecule has 19 heteroatoms. The standard InChI is InChI=1S/C79H154O17P2/c1-9-72(8)58-50-42-33-29-30-36-46-54-62-79(84)96-75(66-90-77(82)60-52-44-38-37-41-49-57-71(6)7)68-94-98(87,88)92-64-73(80)63-91-97(85,86)93-67-74(95-78(83)61-53-45-35-28-24-20-16-18-22-26-32-40-48-56-70(4)5)65-89-76(81)59-51-43-34-27-23-19-15-13-11-10-12-14-17-21-25-31-39-47-55-69(2)3/h69-75,80H,9-68H2,1-8H3,(H,85,86)(H,87,88)/t72?,73-,74-,75-/m1/s1. The molecule has 0 heterocycles. The van der Waals surface area contributed by atoms with Gasteiger partial charge in [0.15, 0.2) is 12.2 Å². The predicted molar refractivity (Wildman–Crippen MR) is 400 cm³/mol. The number of hydrogen-bond donors (Lipinski definition) is 3. The second-order valence-corrected chi connectivity index (χ2v) is 33.0. The van der Waals surface area contributed by atoms with Gasteiger partial charge >= 0.3 is 39.5 Å². The van der Waals surface area contributed by atoms with Crippen LogP contribution in [-0.2, 0) is 65.4 Å². The van der Waals surface area contributed by atoms with E-state index in [4.69, 9.17) is 37.0 Å². The van der Waals surface area contributed by atoms with Crippen LogP contribution in [0.5, 0.6) is 0 Å². The van der Waals surface area contributed by atoms with E-state index >= 15 is 0 Å². The van der Waals surface area contributed by atoms with Gasteiger partial charge in [0.05, 0.1) is 26.4 Å². The average Bonchev–Trinajstić information content (AvgIpc) is 1.36. The molecule has 0 fully saturated rings. The Morgan fingerprint density at radius 3 is 0.724 bits per heavy atom. The number of rotatable bonds is 76. The molecule has 3 N–H and O–H groups in total. The monoisotopic (exact) mass is 1440 g/mol. The molecular weight excluding hydrogens is 1280 g/mol. The Hall–Kier alpha value is -1.94. The maximum atomic E-state index is 13.1. The Morgan fingerprint density at radius 1 is 0.286 bits per heavy atom. The molecular formula is C79H154O17P2. The van der Waals surface area contributed by atoms with Crippen LogP contribution in [0.15, 0.2) is 0 Å². The number of carbonyl (C=O) groups excluding carboxylic acids is 4. The van der Waals surface area contributed by atoms with E-state index in [9.17, 15) is 43.2 Å². The summed E-state index contributed by atoms with van der Waals surface area (Å²) in [6, 6.07) is 0. The fourth-order valence-corrected chi connectivity index (χ4v) is 13.6. The topological polar surface area (TPSA) is 237 Å². The van der Waals surface area contributed by atoms with Gasteiger partial charge in [-0.3, -0.25) is 37.3 Å². The minimum absolute atomic E-state index is 0.104. The smallest absolute Gasteiger partial charge is 0.462 e. The van der Waals surface area contributed by atoms with Gasteiger partial charge in [-0.1, -0.05) is 351 Å². The van der Waals surface area contributed by atoms with E-state index in [0.29, 0.717) is 31.6 Å². The molecule has 0 aliphatic heterocycles. The Bertz CT molecular complexity index is 1920. The van der Waals surface area contributed by atoms with Crippen molar-refractivity contribution < 1.29 is 80.2 Å². The number of hydrogen-bond acceptors (Lipinski definition) is 15. The first-order valence-corrected chi connectivity index (χ1v) is 43.7. The van der Waals surface area contributed by atoms with E-state index in [1.54, 1.807) is 0 Å². The van der Waals surface area contributed by atoms with Crippen molar-refractivity contribution in [3.63, 3.8) is 0 Å². The number of esters is 4. The number of carbonyl (C=O) groups is 4. The first kappa shape index (κ1) is 96.1. The van der Waals surface area contributed by atoms with Crippen molar-refractivity contribution in [2.24, 2.45) is 23.7 Å². The van der Waals surface area contributed by atoms with Gasteiger partial charge in [-0.05, 0) is 49.4 Å². The minimum Gasteiger partial charge on any atom is -0.462 e. The molecule has 0 amide bonds. The number of unbranched alkanes of at least 4 members (excludes halogenated alkanes) is 41. The summed E-state index contributed by atoms with van der Waals surface area (Å²) in [5.74, 6) is 0.938. The number of aliphatic hydroxyl groups is 1. The molecule has 0 rings (SSSR count). The van der Waals surface area contributed by atoms with E-state index in [-0.39, 0.29) is 25.7 Å². The number of phosphoric acid groups is 2. The molecule has 0 aromatic carbocycles. The third-order valence-electron chi connectivity index (χ3n) is 18.7. The number of phosphoric ester groups is 2. The van der Waals surface area contributed by atoms with E-state index in [2.05, 4.69) is 55.4 Å². The van der Waals surface area contributed by atoms with Crippen molar-refractivity contribution in [3.8, 4) is 0 Å². The fourth-order valence-electron chi connectivity index (χ4n) is 12.0. The molecule has 3 unspecified atom stereocenters. The Kier molecular flexibility index (Phi) is 66.8. The molecule has 0 aromatic heterocycles. The Balaban J connectivity index is 5.20. The molecule has 0 spiro atoms. The Labute approximate surface area is 600 Å². The van der Waals surface area contributed by atoms with E-state index in [0.717, 1.165) is 114 Å². The lowest BCUT2D eigenvalue weighted by molar-refractivity contribution is -0.161. The minimum atomic E-state index is -4.96. The molecule has 0 bridgehead atoms. The Morgan fingerprint density at radius 2 is 0.490 bits per heavy atom. The van der Waals surface area contributed by atoms with Gasteiger partial charge < -0.3 is 33.8 Å². The summed E-state index contributed by atoms with van der Waals surface area (Å²) < 4.78 is 68.6. The molecule has 0 aliphatic rings. The van der Waals surface area contributed by atoms with Gasteiger partial charge in [0, 0.05) is 25.7 Å². The van der Waals surface area contributed by atoms with E-state index < -0.39 is 97.5 Å². The second kappa shape index (κ2) is 68.2. The second-order valence-electron chi connectivity index (χ2n) is 30.1. The van der Waals surface area contributed by atoms with Crippen LogP contribution in [0.3, 0.4) is 0 Å². The molecule has 98 heavy (non-hydrogen) atoms. The molecule has 582 valence electrons. The summed E-state index contributed by atoms with van der Waals surface area (Å²) in [6.07, 6.45) is 54.3. The maximum Gasteiger partial charge on any atom is 0.472 e. The summed E-state index contributed by atoms with van der Waals surface area (Å²) in [5, 5.41) is 10.6. The van der Waals surface area contributed by atoms with Gasteiger partial charge in [-0.15, -0.1) is 0 Å². The SMILES string of the molecule is CCC(C)CCCCCCCCCCC(=O)O[C@H](COC(=O)CCCCCCCCC(C)C)COP(=O)(O)OC[C@H](O)COP(=O)(O)OC[C@@H](COC(=O)CCCCCCCCCCCCCCCCCCCCC(C)C)OC(=O)CCCCCCCCCCCCCCCC(C)C. The highest BCUT2D eigenvalue weighted by Gasteiger charge is 2.30. The van der Waals surface area contributed by atoms with Crippen molar-refractivity contribution in [2.45, 2.75) is 420 Å². The summed E-state index contributed by atoms with van der Waals surface area (Å²) >= 11 is 0. The van der Waals surface area contributed by atoms with Crippen molar-refractivity contribution in [2.75, 3.05) is 39.6 Å². The average molecular weight is 1440 g/mol. The van der Waals surface area contributed by atoms with Crippen molar-refractivity contribution in [1.82, 2.24) is 0 Å². The van der Waals surface area contributed by atoms with Gasteiger partial charge in [0.1, 0.15) is 19.3 Å². The van der Waals surface area contributed by atoms with Crippen LogP contribution >= 0.6 is 15.6 Å². The molecule has 6 atom stereocenters. The van der Waals surface area contributed by atoms with Gasteiger partial charge in [0.2, 0.25) is 0 Å². The molecule has 17 nitrogen and oxygen atoms in total. The lowest BCUT2D eigenvalue weighted by Crippen LogP contribution is -2.30. The number of aliphatic hydroxyl groups excluding tert-OH is 1. The summed E-state index contributed by atoms with van der Waals surface area (Å²) in [4.78, 5) is 72.9. The van der Waals surface area contributed by atoms with Crippen LogP contribution in [-0.4, -0.2) is 96.7 Å². The third kappa shape index (κ3) is 71.1. The van der Waals surface area contributed by atoms with Crippen molar-refractivity contribution in [3.05, 3.63) is 0 Å². The van der Waals surface area contributed by atoms with Crippen molar-refractivity contribution in [1.29, 1.82) is 0 Å². The van der Waals surface area contributed by atoms with Crippen LogP contribution in [0.2, 0.25) is 0 Å². The summed E-state index contributed by atoms with van der Waals surface area (Å²) in [7, 11) is -9.92. The normalized spacial score (nSPS) is 14.3. The third-order valence-corrected chi connectivity index (χ3v) is 20.6. The van der Waals surface area contributed by atoms with Crippen LogP contribution in [0, 0.1) is 23.7 Å². The zero-order valence-corrected chi connectivity index (χ0v) is 66.2. The highest BCUT2D eigenvalue weighted by Crippen LogP contribution is 2.45. The summed E-state index contributed by atoms with van der Waals surface area (Å²) in [6.45, 7) is 14.2.